The molecule has 0 spiro atoms. The van der Waals surface area contributed by atoms with Gasteiger partial charge in [0.25, 0.3) is 0 Å². The van der Waals surface area contributed by atoms with Crippen LogP contribution in [0.4, 0.5) is 31.1 Å². The van der Waals surface area contributed by atoms with Crippen LogP contribution in [-0.2, 0) is 25.2 Å². The van der Waals surface area contributed by atoms with Crippen molar-refractivity contribution in [3.8, 4) is 0 Å². The average Bonchev–Trinajstić information content (AvgIpc) is 3.03. The summed E-state index contributed by atoms with van der Waals surface area (Å²) in [5.74, 6) is -0.0127. The second-order valence-electron chi connectivity index (χ2n) is 9.68. The molecule has 8 nitrogen and oxygen atoms in total. The number of rotatable bonds is 7. The number of ether oxygens (including phenoxy) is 3. The number of alkyl halides is 6. The first kappa shape index (κ1) is 22.7. The standard InChI is InChI=1S/C19H21F6N3O5/c20-18(21,22)32-16(3-1-4-16)10-30-13(29)26-15-7-14(8-15,9-15)11-27-28-12(31-11)17(5-2-6-17)33-19(23,24)25/h1-10H2,(H,26,29). The third-order valence-electron chi connectivity index (χ3n) is 7.20. The van der Waals surface area contributed by atoms with Gasteiger partial charge in [0.2, 0.25) is 11.8 Å². The van der Waals surface area contributed by atoms with Crippen LogP contribution in [0.2, 0.25) is 0 Å². The summed E-state index contributed by atoms with van der Waals surface area (Å²) in [4.78, 5) is 12.1. The van der Waals surface area contributed by atoms with Crippen molar-refractivity contribution in [2.45, 2.75) is 92.7 Å². The smallest absolute Gasteiger partial charge is 0.446 e. The van der Waals surface area contributed by atoms with Crippen molar-refractivity contribution in [3.63, 3.8) is 0 Å². The monoisotopic (exact) mass is 485 g/mol. The second kappa shape index (κ2) is 6.96. The second-order valence-corrected chi connectivity index (χ2v) is 9.68. The Balaban J connectivity index is 1.14. The van der Waals surface area contributed by atoms with Crippen LogP contribution in [-0.4, -0.2) is 46.8 Å². The lowest BCUT2D eigenvalue weighted by Gasteiger charge is -2.68. The third kappa shape index (κ3) is 4.04. The van der Waals surface area contributed by atoms with Crippen LogP contribution in [0.3, 0.4) is 0 Å². The van der Waals surface area contributed by atoms with E-state index in [0.717, 1.165) is 0 Å². The maximum atomic E-state index is 12.8. The van der Waals surface area contributed by atoms with Gasteiger partial charge in [-0.25, -0.2) is 4.79 Å². The molecule has 2 bridgehead atoms. The third-order valence-corrected chi connectivity index (χ3v) is 7.20. The van der Waals surface area contributed by atoms with Gasteiger partial charge in [-0.3, -0.25) is 9.47 Å². The fraction of sp³-hybridized carbons (Fsp3) is 0.842. The van der Waals surface area contributed by atoms with Gasteiger partial charge < -0.3 is 14.5 Å². The minimum atomic E-state index is -4.83. The number of nitrogens with one attached hydrogen (secondary N) is 1. The van der Waals surface area contributed by atoms with Crippen molar-refractivity contribution in [3.05, 3.63) is 11.8 Å². The van der Waals surface area contributed by atoms with Crippen molar-refractivity contribution in [2.75, 3.05) is 6.61 Å². The van der Waals surface area contributed by atoms with Crippen molar-refractivity contribution in [1.82, 2.24) is 15.5 Å². The fourth-order valence-corrected chi connectivity index (χ4v) is 5.39. The SMILES string of the molecule is O=C(NC12CC(c3nnc(C4(OC(F)(F)F)CCC4)o3)(C1)C2)OCC1(OC(F)(F)F)CCC1. The van der Waals surface area contributed by atoms with Gasteiger partial charge in [-0.15, -0.1) is 36.5 Å². The van der Waals surface area contributed by atoms with Crippen molar-refractivity contribution >= 4 is 6.09 Å². The first-order valence-electron chi connectivity index (χ1n) is 10.6. The normalized spacial score (nSPS) is 31.5. The summed E-state index contributed by atoms with van der Waals surface area (Å²) in [6.45, 7) is -0.506. The maximum Gasteiger partial charge on any atom is 0.523 e. The zero-order chi connectivity index (χ0) is 23.8. The molecule has 1 N–H and O–H groups in total. The molecule has 0 aromatic carbocycles. The first-order valence-corrected chi connectivity index (χ1v) is 10.6. The average molecular weight is 485 g/mol. The Bertz CT molecular complexity index is 917. The molecule has 33 heavy (non-hydrogen) atoms. The van der Waals surface area contributed by atoms with Crippen LogP contribution in [0.25, 0.3) is 0 Å². The zero-order valence-corrected chi connectivity index (χ0v) is 17.3. The van der Waals surface area contributed by atoms with Crippen LogP contribution in [0.15, 0.2) is 4.42 Å². The Morgan fingerprint density at radius 2 is 1.48 bits per heavy atom. The number of nitrogens with zero attached hydrogens (tertiary/aromatic N) is 2. The van der Waals surface area contributed by atoms with Gasteiger partial charge in [-0.2, -0.15) is 0 Å². The molecule has 1 heterocycles. The molecular formula is C19H21F6N3O5. The lowest BCUT2D eigenvalue weighted by molar-refractivity contribution is -0.387. The molecule has 184 valence electrons. The van der Waals surface area contributed by atoms with Crippen LogP contribution < -0.4 is 5.32 Å². The van der Waals surface area contributed by atoms with Crippen molar-refractivity contribution < 1.29 is 49.8 Å². The highest BCUT2D eigenvalue weighted by Crippen LogP contribution is 2.67. The van der Waals surface area contributed by atoms with Gasteiger partial charge in [-0.1, -0.05) is 0 Å². The molecule has 1 aromatic heterocycles. The van der Waals surface area contributed by atoms with Crippen LogP contribution in [0.5, 0.6) is 0 Å². The molecule has 0 atom stereocenters. The highest BCUT2D eigenvalue weighted by molar-refractivity contribution is 5.70. The molecule has 5 fully saturated rings. The van der Waals surface area contributed by atoms with Gasteiger partial charge in [0.1, 0.15) is 12.2 Å². The largest absolute Gasteiger partial charge is 0.523 e. The van der Waals surface area contributed by atoms with E-state index in [0.29, 0.717) is 32.1 Å². The minimum absolute atomic E-state index is 0.123. The lowest BCUT2D eigenvalue weighted by Crippen LogP contribution is -2.77. The van der Waals surface area contributed by atoms with E-state index in [-0.39, 0.29) is 37.5 Å². The molecule has 1 aromatic rings. The van der Waals surface area contributed by atoms with Crippen LogP contribution >= 0.6 is 0 Å². The number of carbonyl (C=O) groups is 1. The lowest BCUT2D eigenvalue weighted by atomic mass is 9.39. The molecular weight excluding hydrogens is 464 g/mol. The number of hydrogen-bond acceptors (Lipinski definition) is 7. The molecule has 1 amide bonds. The molecule has 0 aliphatic heterocycles. The Morgan fingerprint density at radius 3 is 1.97 bits per heavy atom. The van der Waals surface area contributed by atoms with Gasteiger partial charge in [0.15, 0.2) is 5.60 Å². The van der Waals surface area contributed by atoms with E-state index in [1.807, 2.05) is 0 Å². The maximum absolute atomic E-state index is 12.8. The Labute approximate surface area is 183 Å². The molecule has 6 rings (SSSR count). The fourth-order valence-electron chi connectivity index (χ4n) is 5.39. The Kier molecular flexibility index (Phi) is 4.79. The summed E-state index contributed by atoms with van der Waals surface area (Å²) in [6.07, 6.45) is -7.63. The van der Waals surface area contributed by atoms with E-state index in [9.17, 15) is 31.1 Å². The number of amides is 1. The van der Waals surface area contributed by atoms with E-state index >= 15 is 0 Å². The summed E-state index contributed by atoms with van der Waals surface area (Å²) in [5, 5.41) is 10.4. The molecule has 5 aliphatic carbocycles. The Hall–Kier alpha value is -2.09. The molecule has 0 radical (unpaired) electrons. The van der Waals surface area contributed by atoms with Crippen molar-refractivity contribution in [1.29, 1.82) is 0 Å². The van der Waals surface area contributed by atoms with Gasteiger partial charge >= 0.3 is 18.8 Å². The van der Waals surface area contributed by atoms with Gasteiger partial charge in [0, 0.05) is 5.54 Å². The zero-order valence-electron chi connectivity index (χ0n) is 17.3. The van der Waals surface area contributed by atoms with Gasteiger partial charge in [-0.05, 0) is 57.8 Å². The summed E-state index contributed by atoms with van der Waals surface area (Å²) in [7, 11) is 0. The number of hydrogen-bond donors (Lipinski definition) is 1. The molecule has 5 saturated carbocycles. The van der Waals surface area contributed by atoms with Crippen LogP contribution in [0, 0.1) is 0 Å². The summed E-state index contributed by atoms with van der Waals surface area (Å²) < 4.78 is 95.0. The quantitative estimate of drug-likeness (QED) is 0.574. The molecule has 0 saturated heterocycles. The molecule has 5 aliphatic rings. The Morgan fingerprint density at radius 1 is 0.909 bits per heavy atom. The highest BCUT2D eigenvalue weighted by Gasteiger charge is 2.72. The number of aromatic nitrogens is 2. The van der Waals surface area contributed by atoms with E-state index in [1.54, 1.807) is 0 Å². The minimum Gasteiger partial charge on any atom is -0.446 e. The van der Waals surface area contributed by atoms with Crippen molar-refractivity contribution in [2.24, 2.45) is 0 Å². The number of carbonyl (C=O) groups excluding carboxylic acids is 1. The van der Waals surface area contributed by atoms with Gasteiger partial charge in [0.05, 0.1) is 5.41 Å². The summed E-state index contributed by atoms with van der Waals surface area (Å²) in [6, 6.07) is 0. The molecule has 0 unspecified atom stereocenters. The van der Waals surface area contributed by atoms with Crippen LogP contribution in [0.1, 0.15) is 69.6 Å². The number of halogens is 6. The molecule has 14 heteroatoms. The predicted octanol–water partition coefficient (Wildman–Crippen LogP) is 4.34. The highest BCUT2D eigenvalue weighted by atomic mass is 19.4. The first-order chi connectivity index (χ1) is 15.3. The van der Waals surface area contributed by atoms with E-state index in [4.69, 9.17) is 9.15 Å². The van der Waals surface area contributed by atoms with E-state index in [2.05, 4.69) is 25.0 Å². The summed E-state index contributed by atoms with van der Waals surface area (Å²) in [5.41, 5.74) is -4.34. The van der Waals surface area contributed by atoms with E-state index < -0.39 is 47.6 Å². The number of alkyl carbamates (subject to hydrolysis) is 1. The van der Waals surface area contributed by atoms with E-state index in [1.165, 1.54) is 0 Å². The topological polar surface area (TPSA) is 95.7 Å². The predicted molar refractivity (Wildman–Crippen MR) is 93.4 cm³/mol. The summed E-state index contributed by atoms with van der Waals surface area (Å²) >= 11 is 0.